The fourth-order valence-corrected chi connectivity index (χ4v) is 5.80. The molecule has 14 heteroatoms. The van der Waals surface area contributed by atoms with Gasteiger partial charge >= 0.3 is 6.09 Å². The molecule has 10 nitrogen and oxygen atoms in total. The Morgan fingerprint density at radius 1 is 1.13 bits per heavy atom. The molecule has 0 spiro atoms. The average Bonchev–Trinajstić information content (AvgIpc) is 2.90. The Morgan fingerprint density at radius 3 is 2.49 bits per heavy atom. The Labute approximate surface area is 230 Å². The van der Waals surface area contributed by atoms with Crippen LogP contribution in [0, 0.1) is 17.6 Å². The van der Waals surface area contributed by atoms with Gasteiger partial charge in [-0.15, -0.1) is 0 Å². The number of amides is 2. The maximum atomic E-state index is 14.9. The zero-order chi connectivity index (χ0) is 28.3. The lowest BCUT2D eigenvalue weighted by Crippen LogP contribution is -2.45. The summed E-state index contributed by atoms with van der Waals surface area (Å²) in [6.07, 6.45) is 0.560. The Balaban J connectivity index is 1.38. The van der Waals surface area contributed by atoms with E-state index in [2.05, 4.69) is 10.6 Å². The standard InChI is InChI=1S/C25H29ClF2N4O6S/c1-31(2)39(35,36)32-10-7-15(8-11-32)14-38-25(34)30-21-9-12-37-23-17(4-6-20(28)22(21)23)24(33)29-16-3-5-19(27)18(26)13-16/h3-6,13,15,21H,7-12,14H2,1-2H3,(H,29,33)(H,30,34)/t21-/m0/s1. The van der Waals surface area contributed by atoms with Crippen LogP contribution < -0.4 is 15.4 Å². The predicted molar refractivity (Wildman–Crippen MR) is 140 cm³/mol. The van der Waals surface area contributed by atoms with Crippen molar-refractivity contribution in [1.82, 2.24) is 13.9 Å². The van der Waals surface area contributed by atoms with Gasteiger partial charge in [0.05, 0.1) is 35.4 Å². The molecule has 2 aromatic carbocycles. The van der Waals surface area contributed by atoms with E-state index < -0.39 is 39.9 Å². The van der Waals surface area contributed by atoms with Gasteiger partial charge in [-0.25, -0.2) is 13.6 Å². The third-order valence-corrected chi connectivity index (χ3v) is 8.90. The fraction of sp³-hybridized carbons (Fsp3) is 0.440. The van der Waals surface area contributed by atoms with Crippen molar-refractivity contribution in [1.29, 1.82) is 0 Å². The number of carbonyl (C=O) groups is 2. The minimum absolute atomic E-state index is 0.00766. The SMILES string of the molecule is CN(C)S(=O)(=O)N1CCC(COC(=O)N[C@H]2CCOc3c(C(=O)Nc4ccc(F)c(Cl)c4)ccc(F)c32)CC1. The molecule has 0 unspecified atom stereocenters. The van der Waals surface area contributed by atoms with Gasteiger partial charge in [0, 0.05) is 39.3 Å². The van der Waals surface area contributed by atoms with Crippen molar-refractivity contribution in [2.75, 3.05) is 45.7 Å². The van der Waals surface area contributed by atoms with Crippen LogP contribution in [0.5, 0.6) is 5.75 Å². The van der Waals surface area contributed by atoms with Crippen LogP contribution >= 0.6 is 11.6 Å². The Bertz CT molecular complexity index is 1350. The third kappa shape index (κ3) is 6.60. The van der Waals surface area contributed by atoms with Crippen molar-refractivity contribution in [2.24, 2.45) is 5.92 Å². The first-order chi connectivity index (χ1) is 18.5. The van der Waals surface area contributed by atoms with E-state index >= 15 is 0 Å². The van der Waals surface area contributed by atoms with Gasteiger partial charge in [0.15, 0.2) is 0 Å². The molecule has 0 aromatic heterocycles. The normalized spacial score (nSPS) is 18.3. The Hall–Kier alpha value is -3.00. The molecule has 1 saturated heterocycles. The predicted octanol–water partition coefficient (Wildman–Crippen LogP) is 3.94. The molecular weight excluding hydrogens is 558 g/mol. The second-order valence-electron chi connectivity index (χ2n) is 9.49. The lowest BCUT2D eigenvalue weighted by atomic mass is 9.96. The number of carbonyl (C=O) groups excluding carboxylic acids is 2. The summed E-state index contributed by atoms with van der Waals surface area (Å²) in [4.78, 5) is 25.5. The molecule has 2 amide bonds. The van der Waals surface area contributed by atoms with Crippen molar-refractivity contribution in [3.05, 3.63) is 58.1 Å². The topological polar surface area (TPSA) is 117 Å². The van der Waals surface area contributed by atoms with Crippen LogP contribution in [0.3, 0.4) is 0 Å². The van der Waals surface area contributed by atoms with Crippen molar-refractivity contribution < 1.29 is 36.3 Å². The summed E-state index contributed by atoms with van der Waals surface area (Å²) in [7, 11) is -0.537. The number of piperidine rings is 1. The van der Waals surface area contributed by atoms with E-state index in [-0.39, 0.29) is 53.1 Å². The second kappa shape index (κ2) is 12.0. The van der Waals surface area contributed by atoms with E-state index in [9.17, 15) is 26.8 Å². The minimum atomic E-state index is -3.49. The molecule has 2 N–H and O–H groups in total. The van der Waals surface area contributed by atoms with Gasteiger partial charge in [0.1, 0.15) is 17.4 Å². The van der Waals surface area contributed by atoms with Gasteiger partial charge < -0.3 is 20.1 Å². The minimum Gasteiger partial charge on any atom is -0.492 e. The van der Waals surface area contributed by atoms with Gasteiger partial charge in [0.2, 0.25) is 0 Å². The van der Waals surface area contributed by atoms with Crippen LogP contribution in [-0.4, -0.2) is 69.4 Å². The van der Waals surface area contributed by atoms with Crippen LogP contribution in [-0.2, 0) is 14.9 Å². The number of fused-ring (bicyclic) bond motifs is 1. The quantitative estimate of drug-likeness (QED) is 0.508. The van der Waals surface area contributed by atoms with Crippen LogP contribution in [0.15, 0.2) is 30.3 Å². The fourth-order valence-electron chi connectivity index (χ4n) is 4.49. The molecule has 1 atom stereocenters. The first-order valence-electron chi connectivity index (χ1n) is 12.3. The molecule has 2 aromatic rings. The number of nitrogens with zero attached hydrogens (tertiary/aromatic N) is 2. The lowest BCUT2D eigenvalue weighted by molar-refractivity contribution is 0.101. The summed E-state index contributed by atoms with van der Waals surface area (Å²) in [6.45, 7) is 0.846. The van der Waals surface area contributed by atoms with E-state index in [0.717, 1.165) is 16.4 Å². The zero-order valence-electron chi connectivity index (χ0n) is 21.4. The molecule has 4 rings (SSSR count). The average molecular weight is 587 g/mol. The van der Waals surface area contributed by atoms with Crippen molar-refractivity contribution >= 4 is 39.5 Å². The van der Waals surface area contributed by atoms with Crippen molar-refractivity contribution in [2.45, 2.75) is 25.3 Å². The van der Waals surface area contributed by atoms with Crippen molar-refractivity contribution in [3.8, 4) is 5.75 Å². The number of rotatable bonds is 7. The number of anilines is 1. The van der Waals surface area contributed by atoms with E-state index in [1.54, 1.807) is 0 Å². The highest BCUT2D eigenvalue weighted by atomic mass is 35.5. The number of benzene rings is 2. The molecule has 0 bridgehead atoms. The van der Waals surface area contributed by atoms with Crippen LogP contribution in [0.25, 0.3) is 0 Å². The van der Waals surface area contributed by atoms with Gasteiger partial charge in [-0.1, -0.05) is 11.6 Å². The molecular formula is C25H29ClF2N4O6S. The molecule has 39 heavy (non-hydrogen) atoms. The monoisotopic (exact) mass is 586 g/mol. The summed E-state index contributed by atoms with van der Waals surface area (Å²) >= 11 is 5.78. The second-order valence-corrected chi connectivity index (χ2v) is 12.0. The molecule has 2 aliphatic rings. The van der Waals surface area contributed by atoms with Gasteiger partial charge in [0.25, 0.3) is 16.1 Å². The molecule has 212 valence electrons. The van der Waals surface area contributed by atoms with Gasteiger partial charge in [-0.2, -0.15) is 17.0 Å². The molecule has 2 heterocycles. The van der Waals surface area contributed by atoms with E-state index in [4.69, 9.17) is 21.1 Å². The number of hydrogen-bond donors (Lipinski definition) is 2. The third-order valence-electron chi connectivity index (χ3n) is 6.67. The molecule has 0 aliphatic carbocycles. The number of ether oxygens (including phenoxy) is 2. The molecule has 0 radical (unpaired) electrons. The van der Waals surface area contributed by atoms with Gasteiger partial charge in [-0.3, -0.25) is 4.79 Å². The Kier molecular flexibility index (Phi) is 8.94. The molecule has 2 aliphatic heterocycles. The first kappa shape index (κ1) is 29.0. The summed E-state index contributed by atoms with van der Waals surface area (Å²) in [5.74, 6) is -1.95. The summed E-state index contributed by atoms with van der Waals surface area (Å²) < 4.78 is 66.4. The number of alkyl carbamates (subject to hydrolysis) is 1. The number of halogens is 3. The van der Waals surface area contributed by atoms with Crippen LogP contribution in [0.4, 0.5) is 19.3 Å². The highest BCUT2D eigenvalue weighted by Crippen LogP contribution is 2.37. The highest BCUT2D eigenvalue weighted by Gasteiger charge is 2.32. The summed E-state index contributed by atoms with van der Waals surface area (Å²) in [5, 5.41) is 5.06. The maximum absolute atomic E-state index is 14.9. The number of hydrogen-bond acceptors (Lipinski definition) is 6. The first-order valence-corrected chi connectivity index (χ1v) is 14.1. The molecule has 1 fully saturated rings. The van der Waals surface area contributed by atoms with E-state index in [1.807, 2.05) is 0 Å². The van der Waals surface area contributed by atoms with E-state index in [0.29, 0.717) is 25.9 Å². The summed E-state index contributed by atoms with van der Waals surface area (Å²) in [5.41, 5.74) is 0.292. The largest absolute Gasteiger partial charge is 0.492 e. The molecule has 0 saturated carbocycles. The zero-order valence-corrected chi connectivity index (χ0v) is 22.9. The van der Waals surface area contributed by atoms with Crippen LogP contribution in [0.1, 0.15) is 41.2 Å². The lowest BCUT2D eigenvalue weighted by Gasteiger charge is -2.32. The smallest absolute Gasteiger partial charge is 0.407 e. The van der Waals surface area contributed by atoms with Crippen molar-refractivity contribution in [3.63, 3.8) is 0 Å². The number of nitrogens with one attached hydrogen (secondary N) is 2. The van der Waals surface area contributed by atoms with Crippen LogP contribution in [0.2, 0.25) is 5.02 Å². The highest BCUT2D eigenvalue weighted by molar-refractivity contribution is 7.86. The van der Waals surface area contributed by atoms with E-state index in [1.165, 1.54) is 36.6 Å². The maximum Gasteiger partial charge on any atom is 0.407 e. The summed E-state index contributed by atoms with van der Waals surface area (Å²) in [6, 6.07) is 5.25. The Morgan fingerprint density at radius 2 is 1.82 bits per heavy atom. The van der Waals surface area contributed by atoms with Gasteiger partial charge in [-0.05, 0) is 49.1 Å².